The fourth-order valence-electron chi connectivity index (χ4n) is 3.14. The monoisotopic (exact) mass is 408 g/mol. The molecule has 0 radical (unpaired) electrons. The Morgan fingerprint density at radius 3 is 2.83 bits per heavy atom. The fraction of sp³-hybridized carbons (Fsp3) is 0.150. The van der Waals surface area contributed by atoms with Crippen molar-refractivity contribution in [3.63, 3.8) is 0 Å². The number of nitrogens with one attached hydrogen (secondary N) is 1. The topological polar surface area (TPSA) is 95.3 Å². The molecule has 0 aliphatic carbocycles. The number of amides is 1. The predicted octanol–water partition coefficient (Wildman–Crippen LogP) is 4.13. The van der Waals surface area contributed by atoms with Crippen LogP contribution in [-0.2, 0) is 11.5 Å². The second-order valence-electron chi connectivity index (χ2n) is 6.38. The number of methoxy groups -OCH3 is 1. The third-order valence-corrected chi connectivity index (χ3v) is 5.58. The zero-order chi connectivity index (χ0) is 19.8. The molecule has 29 heavy (non-hydrogen) atoms. The van der Waals surface area contributed by atoms with E-state index in [4.69, 9.17) is 18.8 Å². The van der Waals surface area contributed by atoms with Gasteiger partial charge in [-0.2, -0.15) is 16.9 Å². The number of furan rings is 1. The van der Waals surface area contributed by atoms with Gasteiger partial charge in [0, 0.05) is 23.1 Å². The van der Waals surface area contributed by atoms with Crippen molar-refractivity contribution < 1.29 is 18.5 Å². The lowest BCUT2D eigenvalue weighted by atomic mass is 10.2. The average molecular weight is 408 g/mol. The van der Waals surface area contributed by atoms with Crippen molar-refractivity contribution in [2.75, 3.05) is 12.4 Å². The quantitative estimate of drug-likeness (QED) is 0.530. The van der Waals surface area contributed by atoms with Gasteiger partial charge in [0.05, 0.1) is 24.8 Å². The zero-order valence-electron chi connectivity index (χ0n) is 15.4. The van der Waals surface area contributed by atoms with E-state index in [1.165, 1.54) is 6.26 Å². The molecule has 3 aromatic heterocycles. The summed E-state index contributed by atoms with van der Waals surface area (Å²) in [7, 11) is 1.62. The summed E-state index contributed by atoms with van der Waals surface area (Å²) in [5, 5.41) is 11.5. The number of rotatable bonds is 5. The maximum absolute atomic E-state index is 12.8. The van der Waals surface area contributed by atoms with Crippen molar-refractivity contribution in [2.24, 2.45) is 0 Å². The van der Waals surface area contributed by atoms with Crippen LogP contribution in [0.2, 0.25) is 0 Å². The van der Waals surface area contributed by atoms with E-state index in [2.05, 4.69) is 10.5 Å². The number of fused-ring (bicyclic) bond motifs is 1. The molecule has 1 aliphatic heterocycles. The Kier molecular flexibility index (Phi) is 4.36. The molecule has 4 aromatic rings. The van der Waals surface area contributed by atoms with Crippen LogP contribution >= 0.6 is 11.8 Å². The van der Waals surface area contributed by atoms with Crippen LogP contribution in [0.1, 0.15) is 21.7 Å². The molecule has 0 atom stereocenters. The molecule has 1 aromatic carbocycles. The van der Waals surface area contributed by atoms with Crippen LogP contribution in [0.4, 0.5) is 5.82 Å². The summed E-state index contributed by atoms with van der Waals surface area (Å²) < 4.78 is 17.5. The third kappa shape index (κ3) is 3.19. The molecule has 0 saturated carbocycles. The van der Waals surface area contributed by atoms with Gasteiger partial charge in [-0.3, -0.25) is 4.79 Å². The number of anilines is 1. The Hall–Kier alpha value is -3.46. The normalized spacial score (nSPS) is 12.7. The maximum atomic E-state index is 12.8. The van der Waals surface area contributed by atoms with Gasteiger partial charge in [-0.05, 0) is 36.4 Å². The van der Waals surface area contributed by atoms with Gasteiger partial charge in [0.2, 0.25) is 5.76 Å². The van der Waals surface area contributed by atoms with Crippen LogP contribution in [-0.4, -0.2) is 28.0 Å². The molecule has 146 valence electrons. The molecule has 0 spiro atoms. The summed E-state index contributed by atoms with van der Waals surface area (Å²) in [6.07, 6.45) is 1.53. The van der Waals surface area contributed by atoms with E-state index in [0.29, 0.717) is 17.3 Å². The number of nitrogens with zero attached hydrogens (tertiary/aromatic N) is 3. The number of ether oxygens (including phenoxy) is 1. The summed E-state index contributed by atoms with van der Waals surface area (Å²) in [5.74, 6) is 3.53. The first kappa shape index (κ1) is 17.6. The molecular weight excluding hydrogens is 392 g/mol. The molecule has 8 nitrogen and oxygen atoms in total. The first-order chi connectivity index (χ1) is 14.2. The molecule has 1 aliphatic rings. The Morgan fingerprint density at radius 2 is 2.07 bits per heavy atom. The van der Waals surface area contributed by atoms with E-state index < -0.39 is 0 Å². The number of aromatic nitrogens is 3. The molecule has 1 amide bonds. The molecule has 4 heterocycles. The van der Waals surface area contributed by atoms with E-state index in [0.717, 1.165) is 34.2 Å². The second kappa shape index (κ2) is 7.17. The van der Waals surface area contributed by atoms with Crippen LogP contribution in [0.15, 0.2) is 57.7 Å². The van der Waals surface area contributed by atoms with Gasteiger partial charge >= 0.3 is 0 Å². The molecule has 0 bridgehead atoms. The third-order valence-electron chi connectivity index (χ3n) is 4.61. The summed E-state index contributed by atoms with van der Waals surface area (Å²) in [6.45, 7) is 0. The SMILES string of the molecule is COc1ccc(-n2nc3c(c2NC(=O)c2cc(-c4ccco4)on2)CSC3)cc1. The first-order valence-corrected chi connectivity index (χ1v) is 10.0. The molecule has 9 heteroatoms. The average Bonchev–Trinajstić information content (AvgIpc) is 3.52. The summed E-state index contributed by atoms with van der Waals surface area (Å²) in [4.78, 5) is 12.8. The molecule has 1 N–H and O–H groups in total. The van der Waals surface area contributed by atoms with Crippen molar-refractivity contribution in [1.82, 2.24) is 14.9 Å². The summed E-state index contributed by atoms with van der Waals surface area (Å²) >= 11 is 1.77. The van der Waals surface area contributed by atoms with E-state index in [1.807, 2.05) is 24.3 Å². The minimum atomic E-state index is -0.374. The van der Waals surface area contributed by atoms with Gasteiger partial charge in [-0.1, -0.05) is 5.16 Å². The van der Waals surface area contributed by atoms with Gasteiger partial charge in [-0.15, -0.1) is 0 Å². The van der Waals surface area contributed by atoms with E-state index in [1.54, 1.807) is 41.8 Å². The molecule has 5 rings (SSSR count). The fourth-order valence-corrected chi connectivity index (χ4v) is 4.18. The second-order valence-corrected chi connectivity index (χ2v) is 7.37. The van der Waals surface area contributed by atoms with E-state index in [9.17, 15) is 4.79 Å². The van der Waals surface area contributed by atoms with E-state index >= 15 is 0 Å². The Balaban J connectivity index is 1.47. The summed E-state index contributed by atoms with van der Waals surface area (Å²) in [5.41, 5.74) is 2.99. The number of hydrogen-bond acceptors (Lipinski definition) is 7. The number of carbonyl (C=O) groups excluding carboxylic acids is 1. The highest BCUT2D eigenvalue weighted by Crippen LogP contribution is 2.36. The lowest BCUT2D eigenvalue weighted by Gasteiger charge is -2.10. The van der Waals surface area contributed by atoms with Gasteiger partial charge < -0.3 is 19.0 Å². The highest BCUT2D eigenvalue weighted by molar-refractivity contribution is 7.98. The Labute approximate surface area is 169 Å². The van der Waals surface area contributed by atoms with Crippen LogP contribution in [0.25, 0.3) is 17.2 Å². The number of hydrogen-bond donors (Lipinski definition) is 1. The van der Waals surface area contributed by atoms with Gasteiger partial charge in [-0.25, -0.2) is 4.68 Å². The number of thioether (sulfide) groups is 1. The predicted molar refractivity (Wildman–Crippen MR) is 107 cm³/mol. The Morgan fingerprint density at radius 1 is 1.21 bits per heavy atom. The van der Waals surface area contributed by atoms with Crippen LogP contribution in [0, 0.1) is 0 Å². The molecule has 0 unspecified atom stereocenters. The van der Waals surface area contributed by atoms with Crippen LogP contribution < -0.4 is 10.1 Å². The lowest BCUT2D eigenvalue weighted by Crippen LogP contribution is -2.16. The molecule has 0 fully saturated rings. The minimum Gasteiger partial charge on any atom is -0.497 e. The zero-order valence-corrected chi connectivity index (χ0v) is 16.2. The van der Waals surface area contributed by atoms with Crippen molar-refractivity contribution in [3.05, 3.63) is 65.7 Å². The van der Waals surface area contributed by atoms with Crippen molar-refractivity contribution in [1.29, 1.82) is 0 Å². The maximum Gasteiger partial charge on any atom is 0.279 e. The Bertz CT molecular complexity index is 1160. The van der Waals surface area contributed by atoms with Gasteiger partial charge in [0.1, 0.15) is 11.6 Å². The van der Waals surface area contributed by atoms with Crippen LogP contribution in [0.5, 0.6) is 5.75 Å². The number of carbonyl (C=O) groups is 1. The minimum absolute atomic E-state index is 0.165. The van der Waals surface area contributed by atoms with Gasteiger partial charge in [0.15, 0.2) is 11.5 Å². The molecular formula is C20H16N4O4S. The van der Waals surface area contributed by atoms with E-state index in [-0.39, 0.29) is 11.6 Å². The summed E-state index contributed by atoms with van der Waals surface area (Å²) in [6, 6.07) is 12.5. The highest BCUT2D eigenvalue weighted by Gasteiger charge is 2.26. The lowest BCUT2D eigenvalue weighted by molar-refractivity contribution is 0.101. The van der Waals surface area contributed by atoms with Crippen LogP contribution in [0.3, 0.4) is 0 Å². The standard InChI is InChI=1S/C20H16N4O4S/c1-26-13-6-4-12(5-7-13)24-19(14-10-29-11-16(14)22-24)21-20(25)15-9-18(28-23-15)17-3-2-8-27-17/h2-9H,10-11H2,1H3,(H,21,25). The smallest absolute Gasteiger partial charge is 0.279 e. The molecule has 0 saturated heterocycles. The largest absolute Gasteiger partial charge is 0.497 e. The van der Waals surface area contributed by atoms with Crippen molar-refractivity contribution in [3.8, 4) is 23.0 Å². The van der Waals surface area contributed by atoms with Crippen molar-refractivity contribution >= 4 is 23.5 Å². The number of benzene rings is 1. The van der Waals surface area contributed by atoms with Gasteiger partial charge in [0.25, 0.3) is 5.91 Å². The highest BCUT2D eigenvalue weighted by atomic mass is 32.2. The first-order valence-electron chi connectivity index (χ1n) is 8.88. The van der Waals surface area contributed by atoms with Crippen molar-refractivity contribution in [2.45, 2.75) is 11.5 Å².